The predicted octanol–water partition coefficient (Wildman–Crippen LogP) is 7.25. The van der Waals surface area contributed by atoms with Gasteiger partial charge >= 0.3 is 0 Å². The quantitative estimate of drug-likeness (QED) is 0.186. The first-order chi connectivity index (χ1) is 20.4. The standard InChI is InChI=1S/C38H32O2P2/c1-29-13-21-35(22-14-29)41(39,33-9-5-3-6-10-33)37-25-17-31(18-26-37)32-19-27-38(28-20-32)42(40,34-11-7-4-8-12-34)36-23-15-30(2)16-24-36/h3-28H,1-2H3. The highest BCUT2D eigenvalue weighted by Crippen LogP contribution is 2.44. The Hall–Kier alpha value is -4.22. The maximum absolute atomic E-state index is 14.8. The van der Waals surface area contributed by atoms with Crippen LogP contribution in [0.5, 0.6) is 0 Å². The summed E-state index contributed by atoms with van der Waals surface area (Å²) in [7, 11) is -6.09. The van der Waals surface area contributed by atoms with Crippen LogP contribution in [-0.4, -0.2) is 0 Å². The molecule has 0 amide bonds. The van der Waals surface area contributed by atoms with Crippen molar-refractivity contribution in [3.05, 3.63) is 169 Å². The normalized spacial score (nSPS) is 14.0. The summed E-state index contributed by atoms with van der Waals surface area (Å²) >= 11 is 0. The molecule has 0 aliphatic carbocycles. The molecule has 0 saturated heterocycles. The molecule has 0 aromatic heterocycles. The van der Waals surface area contributed by atoms with E-state index >= 15 is 0 Å². The minimum absolute atomic E-state index is 0.797. The average Bonchev–Trinajstić information content (AvgIpc) is 3.06. The van der Waals surface area contributed by atoms with Gasteiger partial charge in [0.1, 0.15) is 0 Å². The van der Waals surface area contributed by atoms with Gasteiger partial charge in [0.25, 0.3) is 0 Å². The first-order valence-electron chi connectivity index (χ1n) is 14.1. The molecular formula is C38H32O2P2. The van der Waals surface area contributed by atoms with Crippen LogP contribution in [-0.2, 0) is 9.13 Å². The van der Waals surface area contributed by atoms with Crippen molar-refractivity contribution in [2.45, 2.75) is 13.8 Å². The first kappa shape index (κ1) is 27.9. The van der Waals surface area contributed by atoms with Crippen LogP contribution in [0.2, 0.25) is 0 Å². The Morgan fingerprint density at radius 3 is 0.833 bits per heavy atom. The van der Waals surface area contributed by atoms with Crippen molar-refractivity contribution in [3.63, 3.8) is 0 Å². The van der Waals surface area contributed by atoms with Crippen molar-refractivity contribution >= 4 is 46.1 Å². The van der Waals surface area contributed by atoms with E-state index in [1.54, 1.807) is 0 Å². The van der Waals surface area contributed by atoms with Crippen LogP contribution in [0.1, 0.15) is 11.1 Å². The van der Waals surface area contributed by atoms with Crippen LogP contribution in [0, 0.1) is 13.8 Å². The number of aryl methyl sites for hydroxylation is 2. The average molecular weight is 583 g/mol. The fourth-order valence-corrected chi connectivity index (χ4v) is 10.7. The molecule has 0 radical (unpaired) electrons. The van der Waals surface area contributed by atoms with E-state index in [9.17, 15) is 9.13 Å². The molecule has 0 heterocycles. The maximum Gasteiger partial charge on any atom is 0.171 e. The van der Waals surface area contributed by atoms with Crippen LogP contribution < -0.4 is 31.8 Å². The molecular weight excluding hydrogens is 550 g/mol. The lowest BCUT2D eigenvalue weighted by molar-refractivity contribution is 0.591. The summed E-state index contributed by atoms with van der Waals surface area (Å²) in [6.45, 7) is 4.08. The Labute approximate surface area is 248 Å². The van der Waals surface area contributed by atoms with Crippen molar-refractivity contribution in [1.29, 1.82) is 0 Å². The van der Waals surface area contributed by atoms with Crippen LogP contribution in [0.4, 0.5) is 0 Å². The molecule has 2 atom stereocenters. The summed E-state index contributed by atoms with van der Waals surface area (Å²) in [6, 6.07) is 51.5. The summed E-state index contributed by atoms with van der Waals surface area (Å²) in [5.41, 5.74) is 4.30. The predicted molar refractivity (Wildman–Crippen MR) is 180 cm³/mol. The van der Waals surface area contributed by atoms with Crippen molar-refractivity contribution in [1.82, 2.24) is 0 Å². The monoisotopic (exact) mass is 582 g/mol. The van der Waals surface area contributed by atoms with Gasteiger partial charge < -0.3 is 9.13 Å². The molecule has 42 heavy (non-hydrogen) atoms. The maximum atomic E-state index is 14.8. The van der Waals surface area contributed by atoms with E-state index in [1.807, 2.05) is 172 Å². The largest absolute Gasteiger partial charge is 0.309 e. The molecule has 0 bridgehead atoms. The van der Waals surface area contributed by atoms with Crippen molar-refractivity contribution in [2.24, 2.45) is 0 Å². The molecule has 6 aromatic carbocycles. The SMILES string of the molecule is Cc1ccc(P(=O)(c2ccccc2)c2ccc(-c3ccc(P(=O)(c4ccccc4)c4ccc(C)cc4)cc3)cc2)cc1. The lowest BCUT2D eigenvalue weighted by atomic mass is 10.1. The second-order valence-electron chi connectivity index (χ2n) is 10.7. The Bertz CT molecular complexity index is 1750. The second-order valence-corrected chi connectivity index (χ2v) is 16.2. The third-order valence-electron chi connectivity index (χ3n) is 7.83. The molecule has 2 unspecified atom stereocenters. The van der Waals surface area contributed by atoms with E-state index in [1.165, 1.54) is 0 Å². The summed E-state index contributed by atoms with van der Waals surface area (Å²) in [6.07, 6.45) is 0. The topological polar surface area (TPSA) is 34.1 Å². The molecule has 0 aliphatic heterocycles. The fourth-order valence-electron chi connectivity index (χ4n) is 5.41. The van der Waals surface area contributed by atoms with Gasteiger partial charge in [-0.3, -0.25) is 0 Å². The summed E-state index contributed by atoms with van der Waals surface area (Å²) in [5, 5.41) is 4.88. The zero-order chi connectivity index (χ0) is 29.2. The molecule has 0 saturated carbocycles. The van der Waals surface area contributed by atoms with E-state index in [0.717, 1.165) is 54.1 Å². The zero-order valence-electron chi connectivity index (χ0n) is 23.7. The van der Waals surface area contributed by atoms with Gasteiger partial charge in [0.05, 0.1) is 0 Å². The van der Waals surface area contributed by atoms with E-state index < -0.39 is 14.3 Å². The molecule has 2 nitrogen and oxygen atoms in total. The van der Waals surface area contributed by atoms with Crippen LogP contribution in [0.3, 0.4) is 0 Å². The Morgan fingerprint density at radius 1 is 0.310 bits per heavy atom. The fraction of sp³-hybridized carbons (Fsp3) is 0.0526. The van der Waals surface area contributed by atoms with Gasteiger partial charge in [-0.25, -0.2) is 0 Å². The third kappa shape index (κ3) is 5.14. The highest BCUT2D eigenvalue weighted by Gasteiger charge is 2.31. The van der Waals surface area contributed by atoms with E-state index in [0.29, 0.717) is 0 Å². The molecule has 0 aliphatic rings. The van der Waals surface area contributed by atoms with E-state index in [2.05, 4.69) is 0 Å². The smallest absolute Gasteiger partial charge is 0.171 e. The van der Waals surface area contributed by atoms with Crippen molar-refractivity contribution in [3.8, 4) is 11.1 Å². The Kier molecular flexibility index (Phi) is 7.70. The van der Waals surface area contributed by atoms with Gasteiger partial charge in [0, 0.05) is 31.8 Å². The van der Waals surface area contributed by atoms with Crippen LogP contribution in [0.15, 0.2) is 158 Å². The van der Waals surface area contributed by atoms with Gasteiger partial charge in [-0.1, -0.05) is 169 Å². The number of rotatable bonds is 7. The molecule has 0 N–H and O–H groups in total. The molecule has 0 fully saturated rings. The summed E-state index contributed by atoms with van der Waals surface area (Å²) < 4.78 is 29.6. The lowest BCUT2D eigenvalue weighted by Gasteiger charge is -2.21. The van der Waals surface area contributed by atoms with Gasteiger partial charge in [-0.15, -0.1) is 0 Å². The molecule has 4 heteroatoms. The Morgan fingerprint density at radius 2 is 0.548 bits per heavy atom. The summed E-state index contributed by atoms with van der Waals surface area (Å²) in [5.74, 6) is 0. The minimum atomic E-state index is -3.05. The zero-order valence-corrected chi connectivity index (χ0v) is 25.5. The van der Waals surface area contributed by atoms with Gasteiger partial charge in [-0.2, -0.15) is 0 Å². The number of benzene rings is 6. The second kappa shape index (κ2) is 11.6. The molecule has 0 spiro atoms. The minimum Gasteiger partial charge on any atom is -0.309 e. The van der Waals surface area contributed by atoms with Gasteiger partial charge in [0.15, 0.2) is 14.3 Å². The molecule has 6 rings (SSSR count). The van der Waals surface area contributed by atoms with E-state index in [-0.39, 0.29) is 0 Å². The molecule has 206 valence electrons. The van der Waals surface area contributed by atoms with E-state index in [4.69, 9.17) is 0 Å². The van der Waals surface area contributed by atoms with Crippen molar-refractivity contribution < 1.29 is 9.13 Å². The molecule has 6 aromatic rings. The van der Waals surface area contributed by atoms with Crippen LogP contribution in [0.25, 0.3) is 11.1 Å². The Balaban J connectivity index is 1.37. The first-order valence-corrected chi connectivity index (χ1v) is 17.5. The van der Waals surface area contributed by atoms with Crippen molar-refractivity contribution in [2.75, 3.05) is 0 Å². The highest BCUT2D eigenvalue weighted by atomic mass is 31.2. The number of hydrogen-bond acceptors (Lipinski definition) is 2. The highest BCUT2D eigenvalue weighted by molar-refractivity contribution is 7.85. The van der Waals surface area contributed by atoms with Gasteiger partial charge in [0.2, 0.25) is 0 Å². The van der Waals surface area contributed by atoms with Gasteiger partial charge in [-0.05, 0) is 25.0 Å². The third-order valence-corrected chi connectivity index (χ3v) is 14.0. The lowest BCUT2D eigenvalue weighted by Crippen LogP contribution is -2.25. The number of hydrogen-bond donors (Lipinski definition) is 0. The van der Waals surface area contributed by atoms with Crippen LogP contribution >= 0.6 is 14.3 Å². The summed E-state index contributed by atoms with van der Waals surface area (Å²) in [4.78, 5) is 0.